The zero-order valence-corrected chi connectivity index (χ0v) is 10.8. The van der Waals surface area contributed by atoms with Crippen LogP contribution in [0, 0.1) is 6.92 Å². The zero-order valence-electron chi connectivity index (χ0n) is 10.0. The molecule has 3 rings (SSSR count). The lowest BCUT2D eigenvalue weighted by Gasteiger charge is -1.97. The maximum Gasteiger partial charge on any atom is 0.356 e. The third-order valence-electron chi connectivity index (χ3n) is 2.84. The lowest BCUT2D eigenvalue weighted by molar-refractivity contribution is 0.0692. The Hall–Kier alpha value is -2.34. The number of anilines is 1. The van der Waals surface area contributed by atoms with E-state index in [1.54, 1.807) is 6.92 Å². The van der Waals surface area contributed by atoms with E-state index in [0.29, 0.717) is 10.6 Å². The van der Waals surface area contributed by atoms with Crippen molar-refractivity contribution >= 4 is 33.4 Å². The van der Waals surface area contributed by atoms with Crippen LogP contribution in [0.15, 0.2) is 28.7 Å². The zero-order chi connectivity index (χ0) is 13.6. The first-order valence-electron chi connectivity index (χ1n) is 5.56. The van der Waals surface area contributed by atoms with E-state index in [9.17, 15) is 9.90 Å². The van der Waals surface area contributed by atoms with Crippen molar-refractivity contribution in [2.45, 2.75) is 6.92 Å². The molecule has 0 aliphatic rings. The number of nitrogen functional groups attached to an aromatic ring is 1. The number of aromatic nitrogens is 1. The van der Waals surface area contributed by atoms with Crippen LogP contribution in [-0.2, 0) is 0 Å². The third kappa shape index (κ3) is 1.77. The molecule has 96 valence electrons. The highest BCUT2D eigenvalue weighted by Gasteiger charge is 2.23. The van der Waals surface area contributed by atoms with Gasteiger partial charge in [0.2, 0.25) is 0 Å². The number of carboxylic acid groups (broad SMARTS) is 1. The number of nitrogens with two attached hydrogens (primary N) is 1. The van der Waals surface area contributed by atoms with Gasteiger partial charge in [-0.3, -0.25) is 0 Å². The van der Waals surface area contributed by atoms with Crippen LogP contribution in [0.4, 0.5) is 5.13 Å². The standard InChI is InChI=1S/C13H10N2O3S/c1-6-9(7-4-2-3-5-8(7)18-6)11-10(12(16)17)15-13(14)19-11/h2-5H,1H3,(H2,14,15)(H,16,17). The quantitative estimate of drug-likeness (QED) is 0.749. The first-order chi connectivity index (χ1) is 9.08. The van der Waals surface area contributed by atoms with Crippen LogP contribution in [0.1, 0.15) is 16.2 Å². The Bertz CT molecular complexity index is 788. The SMILES string of the molecule is Cc1oc2ccccc2c1-c1sc(N)nc1C(=O)O. The van der Waals surface area contributed by atoms with Gasteiger partial charge in [0.1, 0.15) is 11.3 Å². The molecule has 0 saturated heterocycles. The van der Waals surface area contributed by atoms with Crippen LogP contribution in [0.25, 0.3) is 21.4 Å². The van der Waals surface area contributed by atoms with Crippen molar-refractivity contribution in [2.75, 3.05) is 5.73 Å². The minimum absolute atomic E-state index is 0.0304. The van der Waals surface area contributed by atoms with Crippen molar-refractivity contribution in [3.8, 4) is 10.4 Å². The second-order valence-electron chi connectivity index (χ2n) is 4.06. The smallest absolute Gasteiger partial charge is 0.356 e. The minimum Gasteiger partial charge on any atom is -0.476 e. The lowest BCUT2D eigenvalue weighted by atomic mass is 10.1. The van der Waals surface area contributed by atoms with Gasteiger partial charge in [-0.25, -0.2) is 9.78 Å². The molecule has 0 saturated carbocycles. The highest BCUT2D eigenvalue weighted by Crippen LogP contribution is 2.40. The van der Waals surface area contributed by atoms with Gasteiger partial charge in [-0.2, -0.15) is 0 Å². The molecule has 3 N–H and O–H groups in total. The Morgan fingerprint density at radius 3 is 2.89 bits per heavy atom. The van der Waals surface area contributed by atoms with Gasteiger partial charge in [-0.1, -0.05) is 29.5 Å². The maximum atomic E-state index is 11.2. The topological polar surface area (TPSA) is 89.4 Å². The predicted molar refractivity (Wildman–Crippen MR) is 73.4 cm³/mol. The summed E-state index contributed by atoms with van der Waals surface area (Å²) in [5.41, 5.74) is 7.07. The molecule has 0 radical (unpaired) electrons. The summed E-state index contributed by atoms with van der Waals surface area (Å²) >= 11 is 1.16. The molecule has 2 aromatic heterocycles. The summed E-state index contributed by atoms with van der Waals surface area (Å²) in [4.78, 5) is 15.6. The van der Waals surface area contributed by atoms with Crippen molar-refractivity contribution in [1.82, 2.24) is 4.98 Å². The number of carboxylic acids is 1. The van der Waals surface area contributed by atoms with E-state index in [4.69, 9.17) is 10.2 Å². The number of benzene rings is 1. The van der Waals surface area contributed by atoms with E-state index in [1.807, 2.05) is 24.3 Å². The summed E-state index contributed by atoms with van der Waals surface area (Å²) in [5.74, 6) is -0.431. The lowest BCUT2D eigenvalue weighted by Crippen LogP contribution is -1.99. The normalized spacial score (nSPS) is 11.0. The summed E-state index contributed by atoms with van der Waals surface area (Å²) in [6.07, 6.45) is 0. The number of hydrogen-bond donors (Lipinski definition) is 2. The molecule has 3 aromatic rings. The predicted octanol–water partition coefficient (Wildman–Crippen LogP) is 3.15. The van der Waals surface area contributed by atoms with Crippen molar-refractivity contribution in [2.24, 2.45) is 0 Å². The van der Waals surface area contributed by atoms with E-state index in [1.165, 1.54) is 0 Å². The molecule has 0 aliphatic heterocycles. The molecule has 2 heterocycles. The van der Waals surface area contributed by atoms with Crippen molar-refractivity contribution < 1.29 is 14.3 Å². The molecule has 0 bridgehead atoms. The van der Waals surface area contributed by atoms with Gasteiger partial charge in [0.25, 0.3) is 0 Å². The second kappa shape index (κ2) is 4.10. The summed E-state index contributed by atoms with van der Waals surface area (Å²) in [6.45, 7) is 1.80. The van der Waals surface area contributed by atoms with Crippen LogP contribution in [0.3, 0.4) is 0 Å². The Kier molecular flexibility index (Phi) is 2.53. The van der Waals surface area contributed by atoms with E-state index >= 15 is 0 Å². The molecule has 5 nitrogen and oxygen atoms in total. The van der Waals surface area contributed by atoms with E-state index < -0.39 is 5.97 Å². The monoisotopic (exact) mass is 274 g/mol. The largest absolute Gasteiger partial charge is 0.476 e. The van der Waals surface area contributed by atoms with Crippen molar-refractivity contribution in [3.05, 3.63) is 35.7 Å². The molecular formula is C13H10N2O3S. The molecular weight excluding hydrogens is 264 g/mol. The van der Waals surface area contributed by atoms with Gasteiger partial charge >= 0.3 is 5.97 Å². The summed E-state index contributed by atoms with van der Waals surface area (Å²) in [5, 5.41) is 10.3. The second-order valence-corrected chi connectivity index (χ2v) is 5.10. The number of rotatable bonds is 2. The third-order valence-corrected chi connectivity index (χ3v) is 3.75. The molecule has 1 aromatic carbocycles. The average molecular weight is 274 g/mol. The van der Waals surface area contributed by atoms with Crippen LogP contribution in [0.2, 0.25) is 0 Å². The van der Waals surface area contributed by atoms with Crippen molar-refractivity contribution in [1.29, 1.82) is 0 Å². The molecule has 6 heteroatoms. The number of furan rings is 1. The summed E-state index contributed by atoms with van der Waals surface area (Å²) < 4.78 is 5.64. The highest BCUT2D eigenvalue weighted by atomic mass is 32.1. The van der Waals surface area contributed by atoms with Gasteiger partial charge in [0.05, 0.1) is 4.88 Å². The van der Waals surface area contributed by atoms with Crippen molar-refractivity contribution in [3.63, 3.8) is 0 Å². The fourth-order valence-corrected chi connectivity index (χ4v) is 3.03. The number of thiazole rings is 1. The molecule has 19 heavy (non-hydrogen) atoms. The minimum atomic E-state index is -1.09. The van der Waals surface area contributed by atoms with E-state index in [0.717, 1.165) is 27.9 Å². The average Bonchev–Trinajstić information content (AvgIpc) is 2.88. The molecule has 0 atom stereocenters. The van der Waals surface area contributed by atoms with Crippen LogP contribution >= 0.6 is 11.3 Å². The number of fused-ring (bicyclic) bond motifs is 1. The van der Waals surface area contributed by atoms with E-state index in [2.05, 4.69) is 4.98 Å². The van der Waals surface area contributed by atoms with Crippen LogP contribution in [0.5, 0.6) is 0 Å². The fraction of sp³-hybridized carbons (Fsp3) is 0.0769. The number of hydrogen-bond acceptors (Lipinski definition) is 5. The molecule has 0 unspecified atom stereocenters. The van der Waals surface area contributed by atoms with Crippen LogP contribution in [-0.4, -0.2) is 16.1 Å². The van der Waals surface area contributed by atoms with Gasteiger partial charge in [0, 0.05) is 10.9 Å². The highest BCUT2D eigenvalue weighted by molar-refractivity contribution is 7.19. The Balaban J connectivity index is 2.36. The molecule has 0 spiro atoms. The number of aryl methyl sites for hydroxylation is 1. The number of carbonyl (C=O) groups is 1. The number of nitrogens with zero attached hydrogens (tertiary/aromatic N) is 1. The number of para-hydroxylation sites is 1. The molecule has 0 amide bonds. The van der Waals surface area contributed by atoms with Gasteiger partial charge in [-0.15, -0.1) is 0 Å². The maximum absolute atomic E-state index is 11.2. The molecule has 0 aliphatic carbocycles. The van der Waals surface area contributed by atoms with Gasteiger partial charge < -0.3 is 15.3 Å². The van der Waals surface area contributed by atoms with Gasteiger partial charge in [0.15, 0.2) is 10.8 Å². The summed E-state index contributed by atoms with van der Waals surface area (Å²) in [7, 11) is 0. The number of aromatic carboxylic acids is 1. The van der Waals surface area contributed by atoms with E-state index in [-0.39, 0.29) is 10.8 Å². The Morgan fingerprint density at radius 1 is 1.42 bits per heavy atom. The Morgan fingerprint density at radius 2 is 2.16 bits per heavy atom. The van der Waals surface area contributed by atoms with Crippen LogP contribution < -0.4 is 5.73 Å². The summed E-state index contributed by atoms with van der Waals surface area (Å²) in [6, 6.07) is 7.49. The Labute approximate surface area is 112 Å². The van der Waals surface area contributed by atoms with Gasteiger partial charge in [-0.05, 0) is 13.0 Å². The first-order valence-corrected chi connectivity index (χ1v) is 6.37. The first kappa shape index (κ1) is 11.7. The fourth-order valence-electron chi connectivity index (χ4n) is 2.10. The molecule has 0 fully saturated rings.